The molecule has 5 nitrogen and oxygen atoms in total. The van der Waals surface area contributed by atoms with E-state index in [1.165, 1.54) is 0 Å². The Morgan fingerprint density at radius 2 is 1.73 bits per heavy atom. The number of pyridine rings is 1. The van der Waals surface area contributed by atoms with Crippen molar-refractivity contribution in [3.63, 3.8) is 0 Å². The van der Waals surface area contributed by atoms with Crippen LogP contribution in [0.4, 0.5) is 0 Å². The topological polar surface area (TPSA) is 78.4 Å². The Morgan fingerprint density at radius 1 is 1.00 bits per heavy atom. The highest BCUT2D eigenvalue weighted by Crippen LogP contribution is 2.31. The van der Waals surface area contributed by atoms with Gasteiger partial charge in [-0.2, -0.15) is 5.26 Å². The zero-order chi connectivity index (χ0) is 22.9. The fourth-order valence-corrected chi connectivity index (χ4v) is 4.12. The summed E-state index contributed by atoms with van der Waals surface area (Å²) in [5, 5.41) is 19.1. The van der Waals surface area contributed by atoms with Crippen molar-refractivity contribution in [3.8, 4) is 17.3 Å². The van der Waals surface area contributed by atoms with Gasteiger partial charge in [-0.25, -0.2) is 9.78 Å². The fourth-order valence-electron chi connectivity index (χ4n) is 3.85. The average molecular weight is 494 g/mol. The Labute approximate surface area is 198 Å². The Kier molecular flexibility index (Phi) is 5.25. The zero-order valence-electron chi connectivity index (χ0n) is 17.2. The number of aromatic carboxylic acids is 1. The van der Waals surface area contributed by atoms with E-state index in [4.69, 9.17) is 10.1 Å². The van der Waals surface area contributed by atoms with Gasteiger partial charge in [0.1, 0.15) is 11.6 Å². The number of carbonyl (C=O) groups is 1. The minimum absolute atomic E-state index is 0.230. The molecule has 158 valence electrons. The van der Waals surface area contributed by atoms with Crippen molar-refractivity contribution in [2.75, 3.05) is 0 Å². The van der Waals surface area contributed by atoms with Crippen molar-refractivity contribution in [2.45, 2.75) is 0 Å². The van der Waals surface area contributed by atoms with Crippen LogP contribution in [0.3, 0.4) is 0 Å². The summed E-state index contributed by atoms with van der Waals surface area (Å²) in [5.74, 6) is -0.965. The highest BCUT2D eigenvalue weighted by atomic mass is 79.9. The molecule has 0 aliphatic heterocycles. The van der Waals surface area contributed by atoms with Gasteiger partial charge in [-0.15, -0.1) is 0 Å². The Morgan fingerprint density at radius 3 is 2.42 bits per heavy atom. The number of hydrogen-bond donors (Lipinski definition) is 1. The molecule has 33 heavy (non-hydrogen) atoms. The number of halogens is 1. The minimum Gasteiger partial charge on any atom is -0.478 e. The number of carboxylic acids is 1. The summed E-state index contributed by atoms with van der Waals surface area (Å²) in [5.41, 5.74) is 6.54. The Hall–Kier alpha value is -4.21. The molecule has 0 aliphatic carbocycles. The second-order valence-corrected chi connectivity index (χ2v) is 8.41. The molecule has 0 aliphatic rings. The van der Waals surface area contributed by atoms with Crippen LogP contribution < -0.4 is 0 Å². The van der Waals surface area contributed by atoms with Crippen molar-refractivity contribution in [1.82, 2.24) is 9.38 Å². The van der Waals surface area contributed by atoms with Gasteiger partial charge in [-0.1, -0.05) is 64.5 Å². The SMILES string of the molecule is N#Cc1c(/C=C/c2ccc(C(=O)O)cc2)cc(-c2ccc(Br)cc2)n2c1nc1ccccc12. The molecule has 3 aromatic carbocycles. The first-order chi connectivity index (χ1) is 16.0. The first-order valence-electron chi connectivity index (χ1n) is 10.2. The molecule has 2 heterocycles. The molecule has 0 atom stereocenters. The number of fused-ring (bicyclic) bond motifs is 3. The Bertz CT molecular complexity index is 1590. The van der Waals surface area contributed by atoms with E-state index in [0.29, 0.717) is 11.2 Å². The van der Waals surface area contributed by atoms with Gasteiger partial charge in [0, 0.05) is 4.47 Å². The van der Waals surface area contributed by atoms with Crippen LogP contribution in [0, 0.1) is 11.3 Å². The lowest BCUT2D eigenvalue weighted by Crippen LogP contribution is -1.98. The Balaban J connectivity index is 1.73. The maximum absolute atomic E-state index is 11.1. The van der Waals surface area contributed by atoms with Crippen molar-refractivity contribution >= 4 is 50.7 Å². The van der Waals surface area contributed by atoms with E-state index in [1.54, 1.807) is 24.3 Å². The number of carboxylic acid groups (broad SMARTS) is 1. The largest absolute Gasteiger partial charge is 0.478 e. The quantitative estimate of drug-likeness (QED) is 0.303. The molecule has 0 bridgehead atoms. The van der Waals surface area contributed by atoms with E-state index >= 15 is 0 Å². The van der Waals surface area contributed by atoms with Crippen LogP contribution in [0.15, 0.2) is 83.3 Å². The molecular weight excluding hydrogens is 478 g/mol. The number of nitriles is 1. The van der Waals surface area contributed by atoms with Crippen LogP contribution in [-0.2, 0) is 0 Å². The van der Waals surface area contributed by atoms with Gasteiger partial charge < -0.3 is 5.11 Å². The van der Waals surface area contributed by atoms with Gasteiger partial charge in [0.05, 0.1) is 22.3 Å². The fraction of sp³-hybridized carbons (Fsp3) is 0. The predicted octanol–water partition coefficient (Wildman–Crippen LogP) is 6.66. The number of nitrogens with zero attached hydrogens (tertiary/aromatic N) is 3. The summed E-state index contributed by atoms with van der Waals surface area (Å²) >= 11 is 3.49. The molecule has 0 saturated heterocycles. The van der Waals surface area contributed by atoms with E-state index < -0.39 is 5.97 Å². The molecule has 5 aromatic rings. The first-order valence-corrected chi connectivity index (χ1v) is 11.0. The van der Waals surface area contributed by atoms with Gasteiger partial charge in [-0.05, 0) is 59.2 Å². The van der Waals surface area contributed by atoms with Gasteiger partial charge in [-0.3, -0.25) is 4.40 Å². The lowest BCUT2D eigenvalue weighted by Gasteiger charge is -2.11. The second kappa shape index (κ2) is 8.38. The second-order valence-electron chi connectivity index (χ2n) is 7.50. The molecule has 0 spiro atoms. The maximum Gasteiger partial charge on any atom is 0.335 e. The molecule has 0 unspecified atom stereocenters. The summed E-state index contributed by atoms with van der Waals surface area (Å²) < 4.78 is 3.01. The molecule has 0 fully saturated rings. The monoisotopic (exact) mass is 493 g/mol. The van der Waals surface area contributed by atoms with Crippen LogP contribution in [0.1, 0.15) is 27.0 Å². The van der Waals surface area contributed by atoms with E-state index in [-0.39, 0.29) is 5.56 Å². The van der Waals surface area contributed by atoms with Gasteiger partial charge in [0.2, 0.25) is 0 Å². The van der Waals surface area contributed by atoms with Gasteiger partial charge in [0.15, 0.2) is 5.65 Å². The first kappa shape index (κ1) is 20.7. The highest BCUT2D eigenvalue weighted by molar-refractivity contribution is 9.10. The van der Waals surface area contributed by atoms with Crippen LogP contribution >= 0.6 is 15.9 Å². The molecule has 0 saturated carbocycles. The molecule has 5 rings (SSSR count). The summed E-state index contributed by atoms with van der Waals surface area (Å²) in [6.07, 6.45) is 3.74. The van der Waals surface area contributed by atoms with Crippen molar-refractivity contribution < 1.29 is 9.90 Å². The molecule has 2 aromatic heterocycles. The van der Waals surface area contributed by atoms with E-state index in [2.05, 4.69) is 22.0 Å². The summed E-state index contributed by atoms with van der Waals surface area (Å²) in [7, 11) is 0. The normalized spacial score (nSPS) is 11.3. The van der Waals surface area contributed by atoms with Crippen LogP contribution in [0.2, 0.25) is 0 Å². The summed E-state index contributed by atoms with van der Waals surface area (Å²) in [4.78, 5) is 15.9. The number of benzene rings is 3. The average Bonchev–Trinajstić information content (AvgIpc) is 3.22. The van der Waals surface area contributed by atoms with E-state index in [1.807, 2.05) is 71.2 Å². The van der Waals surface area contributed by atoms with Crippen molar-refractivity contribution in [2.24, 2.45) is 0 Å². The highest BCUT2D eigenvalue weighted by Gasteiger charge is 2.17. The zero-order valence-corrected chi connectivity index (χ0v) is 18.8. The number of hydrogen-bond acceptors (Lipinski definition) is 3. The number of imidazole rings is 1. The molecule has 0 amide bonds. The third-order valence-electron chi connectivity index (χ3n) is 5.47. The smallest absolute Gasteiger partial charge is 0.335 e. The van der Waals surface area contributed by atoms with Gasteiger partial charge in [0.25, 0.3) is 0 Å². The van der Waals surface area contributed by atoms with E-state index in [9.17, 15) is 10.1 Å². The van der Waals surface area contributed by atoms with Crippen LogP contribution in [-0.4, -0.2) is 20.5 Å². The number of para-hydroxylation sites is 2. The number of rotatable bonds is 4. The van der Waals surface area contributed by atoms with Crippen LogP contribution in [0.25, 0.3) is 40.1 Å². The summed E-state index contributed by atoms with van der Waals surface area (Å²) in [6, 6.07) is 26.8. The summed E-state index contributed by atoms with van der Waals surface area (Å²) in [6.45, 7) is 0. The number of aromatic nitrogens is 2. The maximum atomic E-state index is 11.1. The lowest BCUT2D eigenvalue weighted by atomic mass is 10.0. The van der Waals surface area contributed by atoms with E-state index in [0.717, 1.165) is 37.9 Å². The molecule has 1 N–H and O–H groups in total. The standard InChI is InChI=1S/C27H16BrN3O2/c28-21-13-11-18(12-14-21)25-15-20(10-7-17-5-8-19(9-6-17)27(32)33)22(16-29)26-30-23-3-1-2-4-24(23)31(25)26/h1-15H,(H,32,33)/b10-7+. The minimum atomic E-state index is -0.965. The van der Waals surface area contributed by atoms with Crippen molar-refractivity contribution in [3.05, 3.63) is 106 Å². The van der Waals surface area contributed by atoms with Gasteiger partial charge >= 0.3 is 5.97 Å². The third kappa shape index (κ3) is 3.79. The molecular formula is C27H16BrN3O2. The molecule has 0 radical (unpaired) electrons. The lowest BCUT2D eigenvalue weighted by molar-refractivity contribution is 0.0697. The molecule has 6 heteroatoms. The predicted molar refractivity (Wildman–Crippen MR) is 133 cm³/mol. The van der Waals surface area contributed by atoms with Crippen LogP contribution in [0.5, 0.6) is 0 Å². The third-order valence-corrected chi connectivity index (χ3v) is 6.00. The van der Waals surface area contributed by atoms with Crippen molar-refractivity contribution in [1.29, 1.82) is 5.26 Å².